The van der Waals surface area contributed by atoms with Gasteiger partial charge in [0.2, 0.25) is 5.91 Å². The highest BCUT2D eigenvalue weighted by molar-refractivity contribution is 6.34. The summed E-state index contributed by atoms with van der Waals surface area (Å²) in [5, 5.41) is 7.24. The van der Waals surface area contributed by atoms with E-state index in [4.69, 9.17) is 26.8 Å². The second-order valence-electron chi connectivity index (χ2n) is 11.0. The molecular weight excluding hydrogens is 624 g/mol. The van der Waals surface area contributed by atoms with Crippen molar-refractivity contribution in [2.75, 3.05) is 44.4 Å². The lowest BCUT2D eigenvalue weighted by atomic mass is 9.94. The van der Waals surface area contributed by atoms with Crippen LogP contribution in [0, 0.1) is 11.7 Å². The van der Waals surface area contributed by atoms with Gasteiger partial charge in [0, 0.05) is 50.8 Å². The van der Waals surface area contributed by atoms with Gasteiger partial charge in [-0.15, -0.1) is 0 Å². The fourth-order valence-electron chi connectivity index (χ4n) is 5.90. The molecule has 1 saturated heterocycles. The Morgan fingerprint density at radius 2 is 1.96 bits per heavy atom. The molecule has 0 bridgehead atoms. The summed E-state index contributed by atoms with van der Waals surface area (Å²) in [5.41, 5.74) is 4.85. The molecule has 12 nitrogen and oxygen atoms in total. The molecule has 0 saturated carbocycles. The largest absolute Gasteiger partial charge is 0.467 e. The van der Waals surface area contributed by atoms with Crippen LogP contribution < -0.4 is 20.7 Å². The van der Waals surface area contributed by atoms with Gasteiger partial charge in [-0.1, -0.05) is 11.6 Å². The topological polar surface area (TPSA) is 141 Å². The summed E-state index contributed by atoms with van der Waals surface area (Å²) >= 11 is 6.73. The van der Waals surface area contributed by atoms with Crippen LogP contribution in [0.25, 0.3) is 0 Å². The van der Waals surface area contributed by atoms with Gasteiger partial charge in [0.15, 0.2) is 11.5 Å². The SMILES string of the molecule is CNC(=O)C1CN(C(=O)c2nn3c(c2Cl)CN(c2nc(OC)nc4c2COC(c2c(C(F)(F)F)ccc(N)c2F)C4)CCC3)C1. The average Bonchev–Trinajstić information content (AvgIpc) is 3.15. The molecule has 6 rings (SSSR count). The third-order valence-electron chi connectivity index (χ3n) is 8.30. The number of carbonyl (C=O) groups excluding carboxylic acids is 2. The fraction of sp³-hybridized carbons (Fsp3) is 0.464. The minimum Gasteiger partial charge on any atom is -0.467 e. The number of amides is 2. The summed E-state index contributed by atoms with van der Waals surface area (Å²) in [4.78, 5) is 37.4. The van der Waals surface area contributed by atoms with Crippen molar-refractivity contribution in [2.45, 2.75) is 44.8 Å². The van der Waals surface area contributed by atoms with Crippen molar-refractivity contribution < 1.29 is 36.6 Å². The van der Waals surface area contributed by atoms with E-state index in [0.29, 0.717) is 42.3 Å². The van der Waals surface area contributed by atoms with Crippen LogP contribution in [-0.4, -0.2) is 70.3 Å². The quantitative estimate of drug-likeness (QED) is 0.314. The molecule has 1 unspecified atom stereocenters. The summed E-state index contributed by atoms with van der Waals surface area (Å²) in [6, 6.07) is 1.59. The van der Waals surface area contributed by atoms with E-state index < -0.39 is 34.9 Å². The van der Waals surface area contributed by atoms with Crippen LogP contribution in [-0.2, 0) is 41.8 Å². The number of halogens is 5. The standard InChI is InChI=1S/C28H29ClF4N8O4/c1-35-25(42)13-9-40(10-13)26(43)23-21(29)18-11-39(6-3-7-41(18)38-23)24-14-12-45-19(8-17(14)36-27(37-24)44-2)20-15(28(31,32)33)4-5-16(34)22(20)30/h4-5,13,19H,3,6-12,34H2,1-2H3,(H,35,42). The fourth-order valence-corrected chi connectivity index (χ4v) is 6.18. The number of ether oxygens (including phenoxy) is 2. The van der Waals surface area contributed by atoms with Gasteiger partial charge in [-0.05, 0) is 18.6 Å². The minimum atomic E-state index is -4.84. The Balaban J connectivity index is 1.29. The molecule has 240 valence electrons. The number of fused-ring (bicyclic) bond motifs is 2. The number of benzene rings is 1. The molecule has 0 radical (unpaired) electrons. The van der Waals surface area contributed by atoms with Crippen LogP contribution in [0.4, 0.5) is 29.1 Å². The molecule has 2 aromatic heterocycles. The summed E-state index contributed by atoms with van der Waals surface area (Å²) in [6.07, 6.45) is -5.75. The molecule has 5 heterocycles. The maximum Gasteiger partial charge on any atom is 0.416 e. The Kier molecular flexibility index (Phi) is 7.97. The van der Waals surface area contributed by atoms with E-state index in [0.717, 1.165) is 12.1 Å². The van der Waals surface area contributed by atoms with Gasteiger partial charge in [-0.2, -0.15) is 28.2 Å². The van der Waals surface area contributed by atoms with E-state index in [1.54, 1.807) is 11.7 Å². The molecule has 17 heteroatoms. The number of aryl methyl sites for hydroxylation is 1. The molecule has 3 N–H and O–H groups in total. The third-order valence-corrected chi connectivity index (χ3v) is 8.69. The van der Waals surface area contributed by atoms with Gasteiger partial charge in [-0.25, -0.2) is 4.39 Å². The zero-order chi connectivity index (χ0) is 32.2. The van der Waals surface area contributed by atoms with Gasteiger partial charge in [-0.3, -0.25) is 14.3 Å². The molecule has 3 aromatic rings. The highest BCUT2D eigenvalue weighted by Gasteiger charge is 2.41. The third kappa shape index (κ3) is 5.49. The van der Waals surface area contributed by atoms with E-state index in [-0.39, 0.29) is 67.1 Å². The Morgan fingerprint density at radius 3 is 2.64 bits per heavy atom. The van der Waals surface area contributed by atoms with E-state index >= 15 is 4.39 Å². The number of nitrogen functional groups attached to an aromatic ring is 1. The normalized spacial score (nSPS) is 18.5. The molecule has 1 aromatic carbocycles. The summed E-state index contributed by atoms with van der Waals surface area (Å²) < 4.78 is 69.4. The van der Waals surface area contributed by atoms with Gasteiger partial charge < -0.3 is 30.3 Å². The number of likely N-dealkylation sites (tertiary alicyclic amines) is 1. The molecule has 0 spiro atoms. The van der Waals surface area contributed by atoms with Crippen LogP contribution in [0.5, 0.6) is 6.01 Å². The molecule has 2 amide bonds. The van der Waals surface area contributed by atoms with E-state index in [9.17, 15) is 22.8 Å². The number of nitrogens with zero attached hydrogens (tertiary/aromatic N) is 6. The average molecular weight is 653 g/mol. The molecular formula is C28H29ClF4N8O4. The maximum absolute atomic E-state index is 15.1. The van der Waals surface area contributed by atoms with Gasteiger partial charge in [0.1, 0.15) is 5.82 Å². The van der Waals surface area contributed by atoms with Crippen molar-refractivity contribution in [3.05, 3.63) is 56.7 Å². The first-order chi connectivity index (χ1) is 21.4. The van der Waals surface area contributed by atoms with Gasteiger partial charge in [0.05, 0.1) is 59.9 Å². The molecule has 1 fully saturated rings. The van der Waals surface area contributed by atoms with Crippen LogP contribution >= 0.6 is 11.6 Å². The monoisotopic (exact) mass is 652 g/mol. The first-order valence-electron chi connectivity index (χ1n) is 14.1. The van der Waals surface area contributed by atoms with E-state index in [1.807, 2.05) is 4.90 Å². The predicted octanol–water partition coefficient (Wildman–Crippen LogP) is 3.12. The van der Waals surface area contributed by atoms with E-state index in [1.165, 1.54) is 12.0 Å². The van der Waals surface area contributed by atoms with Crippen molar-refractivity contribution in [1.29, 1.82) is 0 Å². The second-order valence-corrected chi connectivity index (χ2v) is 11.4. The number of hydrogen-bond acceptors (Lipinski definition) is 9. The zero-order valence-corrected chi connectivity index (χ0v) is 25.0. The Morgan fingerprint density at radius 1 is 1.20 bits per heavy atom. The molecule has 3 aliphatic rings. The van der Waals surface area contributed by atoms with Crippen molar-refractivity contribution in [2.24, 2.45) is 5.92 Å². The van der Waals surface area contributed by atoms with Crippen molar-refractivity contribution in [3.8, 4) is 6.01 Å². The van der Waals surface area contributed by atoms with Crippen LogP contribution in [0.3, 0.4) is 0 Å². The van der Waals surface area contributed by atoms with Crippen LogP contribution in [0.15, 0.2) is 12.1 Å². The summed E-state index contributed by atoms with van der Waals surface area (Å²) in [7, 11) is 2.90. The van der Waals surface area contributed by atoms with Gasteiger partial charge in [0.25, 0.3) is 5.91 Å². The lowest BCUT2D eigenvalue weighted by Crippen LogP contribution is -2.55. The lowest BCUT2D eigenvalue weighted by Gasteiger charge is -2.37. The van der Waals surface area contributed by atoms with Crippen molar-refractivity contribution in [3.63, 3.8) is 0 Å². The molecule has 3 aliphatic heterocycles. The Labute approximate surface area is 259 Å². The van der Waals surface area contributed by atoms with E-state index in [2.05, 4.69) is 20.4 Å². The Hall–Kier alpha value is -4.18. The van der Waals surface area contributed by atoms with Crippen LogP contribution in [0.2, 0.25) is 5.02 Å². The lowest BCUT2D eigenvalue weighted by molar-refractivity contribution is -0.140. The predicted molar refractivity (Wildman–Crippen MR) is 152 cm³/mol. The minimum absolute atomic E-state index is 0.0309. The summed E-state index contributed by atoms with van der Waals surface area (Å²) in [6.45, 7) is 1.46. The highest BCUT2D eigenvalue weighted by Crippen LogP contribution is 2.43. The summed E-state index contributed by atoms with van der Waals surface area (Å²) in [5.74, 6) is -1.58. The van der Waals surface area contributed by atoms with Crippen molar-refractivity contribution >= 4 is 34.9 Å². The van der Waals surface area contributed by atoms with Crippen molar-refractivity contribution in [1.82, 2.24) is 30.0 Å². The number of hydrogen-bond donors (Lipinski definition) is 2. The second kappa shape index (κ2) is 11.6. The number of rotatable bonds is 5. The molecule has 1 atom stereocenters. The number of alkyl halides is 3. The molecule has 0 aliphatic carbocycles. The molecule has 45 heavy (non-hydrogen) atoms. The number of anilines is 2. The smallest absolute Gasteiger partial charge is 0.416 e. The zero-order valence-electron chi connectivity index (χ0n) is 24.2. The maximum atomic E-state index is 15.1. The highest BCUT2D eigenvalue weighted by atomic mass is 35.5. The number of aromatic nitrogens is 4. The first kappa shape index (κ1) is 30.8. The Bertz CT molecular complexity index is 1680. The number of methoxy groups -OCH3 is 1. The number of nitrogens with one attached hydrogen (secondary N) is 1. The first-order valence-corrected chi connectivity index (χ1v) is 14.5. The van der Waals surface area contributed by atoms with Crippen LogP contribution in [0.1, 0.15) is 51.1 Å². The van der Waals surface area contributed by atoms with Gasteiger partial charge >= 0.3 is 12.2 Å². The number of carbonyl (C=O) groups is 2. The number of nitrogens with two attached hydrogens (primary N) is 1.